The number of pyridine rings is 1. The maximum atomic E-state index is 4.16. The van der Waals surface area contributed by atoms with E-state index >= 15 is 0 Å². The molecule has 0 aliphatic rings. The van der Waals surface area contributed by atoms with Crippen LogP contribution in [0, 0.1) is 6.92 Å². The molecule has 10 heavy (non-hydrogen) atoms. The molecule has 0 amide bonds. The summed E-state index contributed by atoms with van der Waals surface area (Å²) in [6, 6.07) is 2.05. The largest absolute Gasteiger partial charge is 0.264 e. The highest BCUT2D eigenvalue weighted by molar-refractivity contribution is 7.80. The summed E-state index contributed by atoms with van der Waals surface area (Å²) in [5.74, 6) is 0.908. The molecule has 0 saturated carbocycles. The van der Waals surface area contributed by atoms with Crippen LogP contribution in [0.2, 0.25) is 0 Å². The lowest BCUT2D eigenvalue weighted by molar-refractivity contribution is 1.10. The minimum absolute atomic E-state index is 0.908. The minimum atomic E-state index is 0.908. The zero-order valence-electron chi connectivity index (χ0n) is 6.04. The molecule has 1 aromatic heterocycles. The second-order valence-corrected chi connectivity index (χ2v) is 2.72. The maximum Gasteiger partial charge on any atom is 0.0299 e. The average molecular weight is 153 g/mol. The van der Waals surface area contributed by atoms with Crippen LogP contribution in [0.1, 0.15) is 11.1 Å². The first kappa shape index (κ1) is 7.61. The van der Waals surface area contributed by atoms with Crippen LogP contribution in [0.15, 0.2) is 18.5 Å². The Balaban J connectivity index is 2.81. The van der Waals surface area contributed by atoms with E-state index in [1.807, 2.05) is 18.5 Å². The van der Waals surface area contributed by atoms with Crippen molar-refractivity contribution in [3.05, 3.63) is 29.6 Å². The van der Waals surface area contributed by atoms with Crippen LogP contribution in [0.4, 0.5) is 0 Å². The monoisotopic (exact) mass is 153 g/mol. The number of aromatic nitrogens is 1. The van der Waals surface area contributed by atoms with Crippen LogP contribution in [-0.2, 0) is 6.42 Å². The summed E-state index contributed by atoms with van der Waals surface area (Å²) in [6.07, 6.45) is 4.75. The van der Waals surface area contributed by atoms with Crippen LogP contribution in [-0.4, -0.2) is 10.7 Å². The number of thiol groups is 1. The van der Waals surface area contributed by atoms with Gasteiger partial charge in [0.2, 0.25) is 0 Å². The molecule has 1 heterocycles. The normalized spacial score (nSPS) is 9.80. The van der Waals surface area contributed by atoms with Crippen molar-refractivity contribution in [1.82, 2.24) is 4.98 Å². The summed E-state index contributed by atoms with van der Waals surface area (Å²) in [4.78, 5) is 4.00. The van der Waals surface area contributed by atoms with E-state index in [0.29, 0.717) is 0 Å². The molecular formula is C8H11NS. The molecule has 0 spiro atoms. The second-order valence-electron chi connectivity index (χ2n) is 2.28. The highest BCUT2D eigenvalue weighted by Crippen LogP contribution is 2.05. The molecule has 0 aliphatic carbocycles. The van der Waals surface area contributed by atoms with E-state index < -0.39 is 0 Å². The number of hydrogen-bond donors (Lipinski definition) is 1. The van der Waals surface area contributed by atoms with Crippen LogP contribution in [0.5, 0.6) is 0 Å². The molecule has 0 unspecified atom stereocenters. The zero-order valence-corrected chi connectivity index (χ0v) is 6.94. The third-order valence-corrected chi connectivity index (χ3v) is 1.74. The summed E-state index contributed by atoms with van der Waals surface area (Å²) in [5.41, 5.74) is 2.61. The fourth-order valence-electron chi connectivity index (χ4n) is 0.903. The van der Waals surface area contributed by atoms with Crippen LogP contribution < -0.4 is 0 Å². The first-order chi connectivity index (χ1) is 4.84. The molecule has 0 saturated heterocycles. The van der Waals surface area contributed by atoms with Crippen molar-refractivity contribution in [2.45, 2.75) is 13.3 Å². The van der Waals surface area contributed by atoms with Gasteiger partial charge >= 0.3 is 0 Å². The van der Waals surface area contributed by atoms with Gasteiger partial charge in [-0.05, 0) is 36.3 Å². The molecule has 1 aromatic rings. The SMILES string of the molecule is Cc1cnccc1CCS. The fraction of sp³-hybridized carbons (Fsp3) is 0.375. The standard InChI is InChI=1S/C8H11NS/c1-7-6-9-4-2-8(7)3-5-10/h2,4,6,10H,3,5H2,1H3. The molecule has 0 aliphatic heterocycles. The van der Waals surface area contributed by atoms with E-state index in [0.717, 1.165) is 12.2 Å². The summed E-state index contributed by atoms with van der Waals surface area (Å²) in [5, 5.41) is 0. The van der Waals surface area contributed by atoms with Crippen molar-refractivity contribution in [3.8, 4) is 0 Å². The van der Waals surface area contributed by atoms with Gasteiger partial charge in [0.25, 0.3) is 0 Å². The Kier molecular flexibility index (Phi) is 2.75. The van der Waals surface area contributed by atoms with Crippen molar-refractivity contribution in [3.63, 3.8) is 0 Å². The van der Waals surface area contributed by atoms with Crippen LogP contribution >= 0.6 is 12.6 Å². The summed E-state index contributed by atoms with van der Waals surface area (Å²) in [6.45, 7) is 2.08. The average Bonchev–Trinajstić information content (AvgIpc) is 1.94. The Bertz CT molecular complexity index is 210. The van der Waals surface area contributed by atoms with Gasteiger partial charge in [-0.1, -0.05) is 0 Å². The predicted molar refractivity (Wildman–Crippen MR) is 46.5 cm³/mol. The number of rotatable bonds is 2. The molecule has 1 rings (SSSR count). The van der Waals surface area contributed by atoms with Gasteiger partial charge in [0.1, 0.15) is 0 Å². The molecule has 1 nitrogen and oxygen atoms in total. The minimum Gasteiger partial charge on any atom is -0.264 e. The van der Waals surface area contributed by atoms with Gasteiger partial charge in [-0.3, -0.25) is 4.98 Å². The van der Waals surface area contributed by atoms with Gasteiger partial charge in [0.05, 0.1) is 0 Å². The van der Waals surface area contributed by atoms with Gasteiger partial charge in [0, 0.05) is 12.4 Å². The topological polar surface area (TPSA) is 12.9 Å². The van der Waals surface area contributed by atoms with E-state index in [4.69, 9.17) is 0 Å². The quantitative estimate of drug-likeness (QED) is 0.640. The molecule has 0 fully saturated rings. The molecule has 2 heteroatoms. The third kappa shape index (κ3) is 1.74. The highest BCUT2D eigenvalue weighted by atomic mass is 32.1. The van der Waals surface area contributed by atoms with Crippen LogP contribution in [0.25, 0.3) is 0 Å². The zero-order chi connectivity index (χ0) is 7.40. The Labute approximate surface area is 66.9 Å². The Morgan fingerprint density at radius 2 is 2.40 bits per heavy atom. The lowest BCUT2D eigenvalue weighted by atomic mass is 10.1. The molecule has 0 aromatic carbocycles. The maximum absolute atomic E-state index is 4.16. The number of aryl methyl sites for hydroxylation is 2. The number of nitrogens with zero attached hydrogens (tertiary/aromatic N) is 1. The van der Waals surface area contributed by atoms with Gasteiger partial charge in [-0.25, -0.2) is 0 Å². The predicted octanol–water partition coefficient (Wildman–Crippen LogP) is 1.86. The van der Waals surface area contributed by atoms with Gasteiger partial charge in [0.15, 0.2) is 0 Å². The molecule has 0 atom stereocenters. The summed E-state index contributed by atoms with van der Waals surface area (Å²) >= 11 is 4.16. The molecule has 54 valence electrons. The van der Waals surface area contributed by atoms with E-state index in [1.54, 1.807) is 0 Å². The van der Waals surface area contributed by atoms with Crippen molar-refractivity contribution < 1.29 is 0 Å². The highest BCUT2D eigenvalue weighted by Gasteiger charge is 1.93. The Morgan fingerprint density at radius 1 is 1.60 bits per heavy atom. The Morgan fingerprint density at radius 3 is 3.00 bits per heavy atom. The molecular weight excluding hydrogens is 142 g/mol. The number of hydrogen-bond acceptors (Lipinski definition) is 2. The second kappa shape index (κ2) is 3.62. The Hall–Kier alpha value is -0.500. The van der Waals surface area contributed by atoms with Gasteiger partial charge < -0.3 is 0 Å². The van der Waals surface area contributed by atoms with Crippen LogP contribution in [0.3, 0.4) is 0 Å². The molecule has 0 bridgehead atoms. The van der Waals surface area contributed by atoms with Crippen molar-refractivity contribution >= 4 is 12.6 Å². The fourth-order valence-corrected chi connectivity index (χ4v) is 1.14. The van der Waals surface area contributed by atoms with E-state index in [1.165, 1.54) is 11.1 Å². The first-order valence-electron chi connectivity index (χ1n) is 3.35. The summed E-state index contributed by atoms with van der Waals surface area (Å²) < 4.78 is 0. The van der Waals surface area contributed by atoms with E-state index in [9.17, 15) is 0 Å². The first-order valence-corrected chi connectivity index (χ1v) is 3.98. The third-order valence-electron chi connectivity index (χ3n) is 1.52. The van der Waals surface area contributed by atoms with Crippen molar-refractivity contribution in [1.29, 1.82) is 0 Å². The van der Waals surface area contributed by atoms with Gasteiger partial charge in [-0.2, -0.15) is 12.6 Å². The van der Waals surface area contributed by atoms with E-state index in [2.05, 4.69) is 24.5 Å². The van der Waals surface area contributed by atoms with Crippen molar-refractivity contribution in [2.24, 2.45) is 0 Å². The smallest absolute Gasteiger partial charge is 0.0299 e. The van der Waals surface area contributed by atoms with Crippen molar-refractivity contribution in [2.75, 3.05) is 5.75 Å². The van der Waals surface area contributed by atoms with E-state index in [-0.39, 0.29) is 0 Å². The molecule has 0 N–H and O–H groups in total. The lowest BCUT2D eigenvalue weighted by Gasteiger charge is -2.00. The summed E-state index contributed by atoms with van der Waals surface area (Å²) in [7, 11) is 0. The molecule has 0 radical (unpaired) electrons. The van der Waals surface area contributed by atoms with Gasteiger partial charge in [-0.15, -0.1) is 0 Å². The lowest BCUT2D eigenvalue weighted by Crippen LogP contribution is -1.90.